The summed E-state index contributed by atoms with van der Waals surface area (Å²) in [5.41, 5.74) is 5.19. The molecule has 0 fully saturated rings. The Morgan fingerprint density at radius 1 is 0.778 bits per heavy atom. The molecule has 0 amide bonds. The number of benzene rings is 3. The molecule has 4 rings (SSSR count). The number of hydrogen-bond acceptors (Lipinski definition) is 3. The lowest BCUT2D eigenvalue weighted by atomic mass is 9.97. The van der Waals surface area contributed by atoms with Crippen LogP contribution in [0.15, 0.2) is 84.9 Å². The summed E-state index contributed by atoms with van der Waals surface area (Å²) in [6.45, 7) is 5.32. The molecule has 0 unspecified atom stereocenters. The molecule has 1 aliphatic rings. The van der Waals surface area contributed by atoms with Gasteiger partial charge in [-0.2, -0.15) is 0 Å². The van der Waals surface area contributed by atoms with E-state index in [2.05, 4.69) is 94.7 Å². The SMILES string of the molecule is CCOCCN1CN(C(c2ccccc2)c2ccccc2)c2ccccc21. The van der Waals surface area contributed by atoms with Gasteiger partial charge in [0, 0.05) is 13.2 Å². The Hall–Kier alpha value is -2.78. The highest BCUT2D eigenvalue weighted by molar-refractivity contribution is 5.77. The molecule has 3 heteroatoms. The molecule has 3 aromatic carbocycles. The molecular formula is C24H26N2O. The normalized spacial score (nSPS) is 13.3. The molecule has 0 aromatic heterocycles. The van der Waals surface area contributed by atoms with Crippen molar-refractivity contribution in [2.24, 2.45) is 0 Å². The second-order valence-electron chi connectivity index (χ2n) is 6.78. The van der Waals surface area contributed by atoms with Crippen LogP contribution < -0.4 is 9.80 Å². The Balaban J connectivity index is 1.72. The Bertz CT molecular complexity index is 811. The molecule has 3 nitrogen and oxygen atoms in total. The van der Waals surface area contributed by atoms with Gasteiger partial charge in [-0.1, -0.05) is 72.8 Å². The molecule has 27 heavy (non-hydrogen) atoms. The maximum Gasteiger partial charge on any atom is 0.0914 e. The van der Waals surface area contributed by atoms with Gasteiger partial charge in [0.1, 0.15) is 0 Å². The van der Waals surface area contributed by atoms with Gasteiger partial charge in [0.25, 0.3) is 0 Å². The number of rotatable bonds is 7. The van der Waals surface area contributed by atoms with Crippen LogP contribution in [0.4, 0.5) is 11.4 Å². The van der Waals surface area contributed by atoms with E-state index >= 15 is 0 Å². The highest BCUT2D eigenvalue weighted by Crippen LogP contribution is 2.42. The van der Waals surface area contributed by atoms with Crippen molar-refractivity contribution >= 4 is 11.4 Å². The average molecular weight is 358 g/mol. The summed E-state index contributed by atoms with van der Waals surface area (Å²) in [5.74, 6) is 0. The summed E-state index contributed by atoms with van der Waals surface area (Å²) in [6, 6.07) is 30.4. The minimum absolute atomic E-state index is 0.186. The maximum absolute atomic E-state index is 5.62. The second-order valence-corrected chi connectivity index (χ2v) is 6.78. The van der Waals surface area contributed by atoms with Crippen molar-refractivity contribution in [1.82, 2.24) is 0 Å². The minimum atomic E-state index is 0.186. The average Bonchev–Trinajstić information content (AvgIpc) is 3.09. The zero-order valence-electron chi connectivity index (χ0n) is 15.8. The van der Waals surface area contributed by atoms with Gasteiger partial charge in [-0.3, -0.25) is 0 Å². The first-order valence-electron chi connectivity index (χ1n) is 9.66. The largest absolute Gasteiger partial charge is 0.380 e. The third kappa shape index (κ3) is 3.69. The number of anilines is 2. The van der Waals surface area contributed by atoms with Crippen molar-refractivity contribution in [3.8, 4) is 0 Å². The number of hydrogen-bond donors (Lipinski definition) is 0. The van der Waals surface area contributed by atoms with Gasteiger partial charge in [0.15, 0.2) is 0 Å². The van der Waals surface area contributed by atoms with Crippen molar-refractivity contribution in [3.63, 3.8) is 0 Å². The van der Waals surface area contributed by atoms with Crippen molar-refractivity contribution in [2.75, 3.05) is 36.2 Å². The Morgan fingerprint density at radius 3 is 1.93 bits per heavy atom. The lowest BCUT2D eigenvalue weighted by Crippen LogP contribution is -2.36. The quantitative estimate of drug-likeness (QED) is 0.547. The van der Waals surface area contributed by atoms with Crippen molar-refractivity contribution in [3.05, 3.63) is 96.1 Å². The van der Waals surface area contributed by atoms with Crippen molar-refractivity contribution < 1.29 is 4.74 Å². The standard InChI is InChI=1S/C24H26N2O/c1-2-27-18-17-25-19-26(23-16-10-9-15-22(23)25)24(20-11-5-3-6-12-20)21-13-7-4-8-14-21/h3-16,24H,2,17-19H2,1H3. The van der Waals surface area contributed by atoms with Gasteiger partial charge in [0.05, 0.1) is 30.7 Å². The molecule has 138 valence electrons. The summed E-state index contributed by atoms with van der Waals surface area (Å²) in [5, 5.41) is 0. The monoisotopic (exact) mass is 358 g/mol. The molecular weight excluding hydrogens is 332 g/mol. The fourth-order valence-electron chi connectivity index (χ4n) is 3.86. The van der Waals surface area contributed by atoms with Gasteiger partial charge < -0.3 is 14.5 Å². The third-order valence-electron chi connectivity index (χ3n) is 5.11. The summed E-state index contributed by atoms with van der Waals surface area (Å²) in [4.78, 5) is 4.93. The van der Waals surface area contributed by atoms with Crippen LogP contribution in [-0.2, 0) is 4.74 Å². The van der Waals surface area contributed by atoms with E-state index in [-0.39, 0.29) is 6.04 Å². The molecule has 0 saturated carbocycles. The van der Waals surface area contributed by atoms with E-state index < -0.39 is 0 Å². The summed E-state index contributed by atoms with van der Waals surface area (Å²) >= 11 is 0. The van der Waals surface area contributed by atoms with Crippen LogP contribution >= 0.6 is 0 Å². The Kier molecular flexibility index (Phi) is 5.40. The zero-order valence-corrected chi connectivity index (χ0v) is 15.8. The van der Waals surface area contributed by atoms with E-state index in [4.69, 9.17) is 4.74 Å². The molecule has 0 atom stereocenters. The number of nitrogens with zero attached hydrogens (tertiary/aromatic N) is 2. The topological polar surface area (TPSA) is 15.7 Å². The molecule has 0 bridgehead atoms. The predicted molar refractivity (Wildman–Crippen MR) is 112 cm³/mol. The third-order valence-corrected chi connectivity index (χ3v) is 5.11. The molecule has 0 radical (unpaired) electrons. The molecule has 0 aliphatic carbocycles. The van der Waals surface area contributed by atoms with E-state index in [0.29, 0.717) is 0 Å². The lowest BCUT2D eigenvalue weighted by molar-refractivity contribution is 0.154. The van der Waals surface area contributed by atoms with Gasteiger partial charge >= 0.3 is 0 Å². The Labute approximate surface area is 161 Å². The van der Waals surface area contributed by atoms with Crippen molar-refractivity contribution in [1.29, 1.82) is 0 Å². The smallest absolute Gasteiger partial charge is 0.0914 e. The number of ether oxygens (including phenoxy) is 1. The number of fused-ring (bicyclic) bond motifs is 1. The van der Waals surface area contributed by atoms with Crippen LogP contribution in [0.5, 0.6) is 0 Å². The van der Waals surface area contributed by atoms with Gasteiger partial charge in [0.2, 0.25) is 0 Å². The first kappa shape index (κ1) is 17.6. The van der Waals surface area contributed by atoms with Gasteiger partial charge in [-0.15, -0.1) is 0 Å². The number of para-hydroxylation sites is 2. The fraction of sp³-hybridized carbons (Fsp3) is 0.250. The molecule has 0 saturated heterocycles. The van der Waals surface area contributed by atoms with Crippen LogP contribution in [0.3, 0.4) is 0 Å². The first-order chi connectivity index (χ1) is 13.4. The van der Waals surface area contributed by atoms with Crippen LogP contribution in [0.1, 0.15) is 24.1 Å². The highest BCUT2D eigenvalue weighted by Gasteiger charge is 2.32. The lowest BCUT2D eigenvalue weighted by Gasteiger charge is -2.31. The minimum Gasteiger partial charge on any atom is -0.380 e. The van der Waals surface area contributed by atoms with E-state index in [0.717, 1.165) is 26.4 Å². The van der Waals surface area contributed by atoms with E-state index in [1.54, 1.807) is 0 Å². The maximum atomic E-state index is 5.62. The summed E-state index contributed by atoms with van der Waals surface area (Å²) < 4.78 is 5.62. The first-order valence-corrected chi connectivity index (χ1v) is 9.66. The van der Waals surface area contributed by atoms with Crippen LogP contribution in [0, 0.1) is 0 Å². The predicted octanol–water partition coefficient (Wildman–Crippen LogP) is 5.10. The highest BCUT2D eigenvalue weighted by atomic mass is 16.5. The fourth-order valence-corrected chi connectivity index (χ4v) is 3.86. The Morgan fingerprint density at radius 2 is 1.33 bits per heavy atom. The molecule has 3 aromatic rings. The van der Waals surface area contributed by atoms with Crippen LogP contribution in [-0.4, -0.2) is 26.4 Å². The summed E-state index contributed by atoms with van der Waals surface area (Å²) in [6.07, 6.45) is 0. The second kappa shape index (κ2) is 8.28. The van der Waals surface area contributed by atoms with E-state index in [9.17, 15) is 0 Å². The molecule has 0 N–H and O–H groups in total. The van der Waals surface area contributed by atoms with E-state index in [1.165, 1.54) is 22.5 Å². The summed E-state index contributed by atoms with van der Waals surface area (Å²) in [7, 11) is 0. The van der Waals surface area contributed by atoms with Crippen LogP contribution in [0.2, 0.25) is 0 Å². The van der Waals surface area contributed by atoms with Gasteiger partial charge in [-0.25, -0.2) is 0 Å². The van der Waals surface area contributed by atoms with Gasteiger partial charge in [-0.05, 0) is 30.2 Å². The van der Waals surface area contributed by atoms with E-state index in [1.807, 2.05) is 6.92 Å². The van der Waals surface area contributed by atoms with Crippen LogP contribution in [0.25, 0.3) is 0 Å². The van der Waals surface area contributed by atoms with Crippen molar-refractivity contribution in [2.45, 2.75) is 13.0 Å². The molecule has 1 heterocycles. The molecule has 0 spiro atoms. The zero-order chi connectivity index (χ0) is 18.5. The molecule has 1 aliphatic heterocycles.